The zero-order valence-electron chi connectivity index (χ0n) is 17.2. The number of anilines is 1. The fourth-order valence-corrected chi connectivity index (χ4v) is 4.70. The van der Waals surface area contributed by atoms with Crippen molar-refractivity contribution in [3.05, 3.63) is 101 Å². The maximum absolute atomic E-state index is 13.5. The van der Waals surface area contributed by atoms with Gasteiger partial charge in [-0.1, -0.05) is 65.9 Å². The molecule has 0 aliphatic heterocycles. The summed E-state index contributed by atoms with van der Waals surface area (Å²) in [7, 11) is 0. The number of aromatic nitrogens is 3. The first-order valence-corrected chi connectivity index (χ1v) is 11.2. The number of amides is 1. The molecule has 0 fully saturated rings. The maximum atomic E-state index is 13.5. The predicted octanol–water partition coefficient (Wildman–Crippen LogP) is 4.28. The van der Waals surface area contributed by atoms with E-state index < -0.39 is 0 Å². The summed E-state index contributed by atoms with van der Waals surface area (Å²) in [5.74, 6) is -0.182. The molecule has 6 nitrogen and oxygen atoms in total. The van der Waals surface area contributed by atoms with Crippen LogP contribution < -0.4 is 10.5 Å². The molecule has 7 heteroatoms. The first-order valence-electron chi connectivity index (χ1n) is 10.3. The number of benzene rings is 3. The summed E-state index contributed by atoms with van der Waals surface area (Å²) in [6.45, 7) is 0.396. The van der Waals surface area contributed by atoms with Gasteiger partial charge in [0.25, 0.3) is 5.56 Å². The quantitative estimate of drug-likeness (QED) is 0.395. The smallest absolute Gasteiger partial charge is 0.269 e. The molecule has 0 bridgehead atoms. The lowest BCUT2D eigenvalue weighted by Gasteiger charge is -2.21. The number of fused-ring (bicyclic) bond motifs is 2. The minimum atomic E-state index is -0.302. The second kappa shape index (κ2) is 8.72. The third-order valence-corrected chi connectivity index (χ3v) is 6.39. The second-order valence-corrected chi connectivity index (χ2v) is 8.43. The van der Waals surface area contributed by atoms with Gasteiger partial charge in [-0.3, -0.25) is 19.1 Å². The summed E-state index contributed by atoms with van der Waals surface area (Å²) >= 11 is 1.48. The largest absolute Gasteiger partial charge is 0.296 e. The lowest BCUT2D eigenvalue weighted by atomic mass is 10.1. The molecule has 0 radical (unpaired) electrons. The van der Waals surface area contributed by atoms with Crippen LogP contribution in [-0.4, -0.2) is 27.0 Å². The molecule has 0 saturated carbocycles. The molecule has 1 amide bonds. The molecular weight excluding hydrogens is 420 g/mol. The van der Waals surface area contributed by atoms with E-state index in [0.717, 1.165) is 15.8 Å². The van der Waals surface area contributed by atoms with Gasteiger partial charge in [0.15, 0.2) is 5.13 Å². The van der Waals surface area contributed by atoms with Crippen LogP contribution in [0.4, 0.5) is 5.13 Å². The lowest BCUT2D eigenvalue weighted by Crippen LogP contribution is -2.38. The van der Waals surface area contributed by atoms with E-state index in [-0.39, 0.29) is 18.0 Å². The maximum Gasteiger partial charge on any atom is 0.269 e. The molecule has 2 aromatic heterocycles. The Labute approximate surface area is 188 Å². The highest BCUT2D eigenvalue weighted by atomic mass is 32.1. The topological polar surface area (TPSA) is 68.1 Å². The summed E-state index contributed by atoms with van der Waals surface area (Å²) in [4.78, 5) is 36.7. The fraction of sp³-hybridized carbons (Fsp3) is 0.120. The first kappa shape index (κ1) is 20.1. The zero-order valence-corrected chi connectivity index (χ0v) is 18.0. The van der Waals surface area contributed by atoms with Crippen molar-refractivity contribution >= 4 is 43.6 Å². The first-order chi connectivity index (χ1) is 15.7. The Morgan fingerprint density at radius 3 is 2.44 bits per heavy atom. The van der Waals surface area contributed by atoms with Crippen LogP contribution in [0.25, 0.3) is 21.3 Å². The van der Waals surface area contributed by atoms with Gasteiger partial charge >= 0.3 is 0 Å². The number of rotatable bonds is 6. The van der Waals surface area contributed by atoms with Crippen molar-refractivity contribution in [3.63, 3.8) is 0 Å². The lowest BCUT2D eigenvalue weighted by molar-refractivity contribution is -0.119. The van der Waals surface area contributed by atoms with E-state index in [1.807, 2.05) is 78.9 Å². The highest BCUT2D eigenvalue weighted by molar-refractivity contribution is 7.22. The summed E-state index contributed by atoms with van der Waals surface area (Å²) in [6, 6.07) is 25.2. The van der Waals surface area contributed by atoms with Crippen LogP contribution in [0.3, 0.4) is 0 Å². The number of hydrogen-bond donors (Lipinski definition) is 0. The van der Waals surface area contributed by atoms with Crippen LogP contribution in [-0.2, 0) is 17.8 Å². The van der Waals surface area contributed by atoms with Gasteiger partial charge in [-0.25, -0.2) is 9.97 Å². The summed E-state index contributed by atoms with van der Waals surface area (Å²) < 4.78 is 2.50. The Hall–Kier alpha value is -3.84. The van der Waals surface area contributed by atoms with Crippen LogP contribution in [0.5, 0.6) is 0 Å². The molecule has 158 valence electrons. The van der Waals surface area contributed by atoms with Crippen molar-refractivity contribution in [1.82, 2.24) is 14.5 Å². The number of thiazole rings is 1. The summed E-state index contributed by atoms with van der Waals surface area (Å²) in [5, 5.41) is 0.638. The molecule has 0 atom stereocenters. The number of nitrogens with zero attached hydrogens (tertiary/aromatic N) is 4. The Bertz CT molecular complexity index is 1430. The zero-order chi connectivity index (χ0) is 21.9. The average molecular weight is 441 g/mol. The van der Waals surface area contributed by atoms with Gasteiger partial charge in [-0.05, 0) is 36.2 Å². The van der Waals surface area contributed by atoms with E-state index in [1.54, 1.807) is 4.90 Å². The molecule has 2 heterocycles. The highest BCUT2D eigenvalue weighted by Crippen LogP contribution is 2.29. The normalized spacial score (nSPS) is 11.1. The minimum Gasteiger partial charge on any atom is -0.296 e. The van der Waals surface area contributed by atoms with Gasteiger partial charge in [0, 0.05) is 6.54 Å². The van der Waals surface area contributed by atoms with Crippen molar-refractivity contribution in [1.29, 1.82) is 0 Å². The van der Waals surface area contributed by atoms with Crippen LogP contribution >= 0.6 is 11.3 Å². The van der Waals surface area contributed by atoms with Crippen molar-refractivity contribution < 1.29 is 4.79 Å². The summed E-state index contributed by atoms with van der Waals surface area (Å²) in [6.07, 6.45) is 1.95. The Kier molecular flexibility index (Phi) is 5.47. The van der Waals surface area contributed by atoms with Gasteiger partial charge in [-0.15, -0.1) is 0 Å². The van der Waals surface area contributed by atoms with E-state index in [1.165, 1.54) is 22.1 Å². The SMILES string of the molecule is O=C(Cn1c(=O)cnc2ccccc21)N(CCc1ccccc1)c1nc2ccccc2s1. The monoisotopic (exact) mass is 440 g/mol. The molecule has 5 aromatic rings. The Morgan fingerprint density at radius 2 is 1.62 bits per heavy atom. The average Bonchev–Trinajstić information content (AvgIpc) is 3.25. The Morgan fingerprint density at radius 1 is 0.906 bits per heavy atom. The molecule has 0 saturated heterocycles. The third-order valence-electron chi connectivity index (χ3n) is 5.33. The highest BCUT2D eigenvalue weighted by Gasteiger charge is 2.21. The molecule has 0 spiro atoms. The molecule has 32 heavy (non-hydrogen) atoms. The minimum absolute atomic E-state index is 0.0768. The van der Waals surface area contributed by atoms with Gasteiger partial charge in [0.05, 0.1) is 27.4 Å². The number of hydrogen-bond acceptors (Lipinski definition) is 5. The number of para-hydroxylation sites is 3. The fourth-order valence-electron chi connectivity index (χ4n) is 3.69. The van der Waals surface area contributed by atoms with Crippen molar-refractivity contribution in [2.24, 2.45) is 0 Å². The van der Waals surface area contributed by atoms with Crippen LogP contribution in [0.15, 0.2) is 89.9 Å². The van der Waals surface area contributed by atoms with Crippen molar-refractivity contribution in [2.75, 3.05) is 11.4 Å². The van der Waals surface area contributed by atoms with E-state index in [2.05, 4.69) is 4.98 Å². The second-order valence-electron chi connectivity index (χ2n) is 7.42. The van der Waals surface area contributed by atoms with Crippen LogP contribution in [0.2, 0.25) is 0 Å². The van der Waals surface area contributed by atoms with Gasteiger partial charge in [0.2, 0.25) is 5.91 Å². The van der Waals surface area contributed by atoms with Gasteiger partial charge in [-0.2, -0.15) is 0 Å². The molecular formula is C25H20N4O2S. The molecule has 0 N–H and O–H groups in total. The van der Waals surface area contributed by atoms with Gasteiger partial charge in [0.1, 0.15) is 6.54 Å². The van der Waals surface area contributed by atoms with Crippen molar-refractivity contribution in [2.45, 2.75) is 13.0 Å². The Balaban J connectivity index is 1.50. The van der Waals surface area contributed by atoms with Crippen LogP contribution in [0, 0.1) is 0 Å². The van der Waals surface area contributed by atoms with E-state index >= 15 is 0 Å². The van der Waals surface area contributed by atoms with Crippen molar-refractivity contribution in [3.8, 4) is 0 Å². The predicted molar refractivity (Wildman–Crippen MR) is 128 cm³/mol. The third kappa shape index (κ3) is 4.02. The van der Waals surface area contributed by atoms with E-state index in [4.69, 9.17) is 4.98 Å². The molecule has 5 rings (SSSR count). The van der Waals surface area contributed by atoms with Gasteiger partial charge < -0.3 is 0 Å². The molecule has 0 unspecified atom stereocenters. The number of carbonyl (C=O) groups excluding carboxylic acids is 1. The molecule has 0 aliphatic rings. The molecule has 0 aliphatic carbocycles. The van der Waals surface area contributed by atoms with E-state index in [0.29, 0.717) is 29.1 Å². The van der Waals surface area contributed by atoms with E-state index in [9.17, 15) is 9.59 Å². The standard InChI is InChI=1S/C25H20N4O2S/c30-23-16-26-19-10-4-6-12-21(19)29(23)17-24(31)28(15-14-18-8-2-1-3-9-18)25-27-20-11-5-7-13-22(20)32-25/h1-13,16H,14-15,17H2. The summed E-state index contributed by atoms with van der Waals surface area (Å²) in [5.41, 5.74) is 3.01. The van der Waals surface area contributed by atoms with Crippen LogP contribution in [0.1, 0.15) is 5.56 Å². The number of carbonyl (C=O) groups is 1. The molecule has 3 aromatic carbocycles.